The summed E-state index contributed by atoms with van der Waals surface area (Å²) < 4.78 is 21.6. The number of benzene rings is 1. The molecule has 1 heterocycles. The van der Waals surface area contributed by atoms with E-state index in [4.69, 9.17) is 4.74 Å². The summed E-state index contributed by atoms with van der Waals surface area (Å²) in [5.74, 6) is 0.317. The maximum atomic E-state index is 13.7. The molecule has 0 spiro atoms. The van der Waals surface area contributed by atoms with Crippen molar-refractivity contribution >= 4 is 31.9 Å². The van der Waals surface area contributed by atoms with E-state index in [0.29, 0.717) is 15.7 Å². The monoisotopic (exact) mass is 376 g/mol. The summed E-state index contributed by atoms with van der Waals surface area (Å²) in [6.45, 7) is 1.89. The molecule has 0 amide bonds. The van der Waals surface area contributed by atoms with Gasteiger partial charge in [-0.15, -0.1) is 0 Å². The maximum absolute atomic E-state index is 13.7. The van der Waals surface area contributed by atoms with Crippen molar-refractivity contribution in [2.45, 2.75) is 12.3 Å². The molecular formula is C12H11Br2FN2O. The van der Waals surface area contributed by atoms with Gasteiger partial charge < -0.3 is 4.74 Å². The number of alkyl halides is 1. The number of nitrogens with zero attached hydrogens (tertiary/aromatic N) is 2. The molecule has 18 heavy (non-hydrogen) atoms. The van der Waals surface area contributed by atoms with Gasteiger partial charge in [0, 0.05) is 22.4 Å². The third-order valence-corrected chi connectivity index (χ3v) is 3.58. The minimum atomic E-state index is -0.413. The smallest absolute Gasteiger partial charge is 0.222 e. The number of aromatic nitrogens is 2. The molecule has 0 aliphatic carbocycles. The third kappa shape index (κ3) is 2.59. The summed E-state index contributed by atoms with van der Waals surface area (Å²) in [7, 11) is 1.77. The zero-order valence-corrected chi connectivity index (χ0v) is 13.0. The third-order valence-electron chi connectivity index (χ3n) is 2.52. The highest BCUT2D eigenvalue weighted by molar-refractivity contribution is 9.10. The molecule has 1 aromatic heterocycles. The van der Waals surface area contributed by atoms with Gasteiger partial charge in [0.05, 0.1) is 5.69 Å². The first-order valence-electron chi connectivity index (χ1n) is 5.24. The van der Waals surface area contributed by atoms with Crippen LogP contribution >= 0.6 is 31.9 Å². The summed E-state index contributed by atoms with van der Waals surface area (Å²) >= 11 is 6.59. The summed E-state index contributed by atoms with van der Waals surface area (Å²) in [6.07, 6.45) is 0. The zero-order valence-electron chi connectivity index (χ0n) is 9.88. The molecule has 0 aliphatic heterocycles. The average molecular weight is 378 g/mol. The highest BCUT2D eigenvalue weighted by Crippen LogP contribution is 2.31. The Morgan fingerprint density at radius 3 is 2.78 bits per heavy atom. The van der Waals surface area contributed by atoms with Crippen LogP contribution in [0, 0.1) is 12.7 Å². The van der Waals surface area contributed by atoms with E-state index >= 15 is 0 Å². The highest BCUT2D eigenvalue weighted by Gasteiger charge is 2.16. The van der Waals surface area contributed by atoms with Crippen LogP contribution in [0.2, 0.25) is 0 Å². The quantitative estimate of drug-likeness (QED) is 0.745. The van der Waals surface area contributed by atoms with Gasteiger partial charge in [-0.05, 0) is 25.1 Å². The molecule has 0 bridgehead atoms. The number of rotatable bonds is 3. The largest absolute Gasteiger partial charge is 0.436 e. The van der Waals surface area contributed by atoms with Crippen LogP contribution < -0.4 is 4.74 Å². The van der Waals surface area contributed by atoms with E-state index in [9.17, 15) is 4.39 Å². The van der Waals surface area contributed by atoms with Crippen molar-refractivity contribution in [2.24, 2.45) is 7.05 Å². The Morgan fingerprint density at radius 1 is 1.44 bits per heavy atom. The Labute approximate surface area is 121 Å². The predicted molar refractivity (Wildman–Crippen MR) is 74.8 cm³/mol. The van der Waals surface area contributed by atoms with Gasteiger partial charge in [0.1, 0.15) is 0 Å². The van der Waals surface area contributed by atoms with Crippen LogP contribution in [0.15, 0.2) is 22.7 Å². The van der Waals surface area contributed by atoms with Gasteiger partial charge in [0.2, 0.25) is 5.88 Å². The number of ether oxygens (including phenoxy) is 1. The molecule has 0 saturated heterocycles. The van der Waals surface area contributed by atoms with Crippen molar-refractivity contribution in [3.8, 4) is 11.6 Å². The molecule has 3 nitrogen and oxygen atoms in total. The minimum absolute atomic E-state index is 0.184. The lowest BCUT2D eigenvalue weighted by Gasteiger charge is -2.08. The van der Waals surface area contributed by atoms with Gasteiger partial charge in [0.15, 0.2) is 11.6 Å². The Kier molecular flexibility index (Phi) is 4.07. The molecular weight excluding hydrogens is 367 g/mol. The lowest BCUT2D eigenvalue weighted by molar-refractivity contribution is 0.401. The van der Waals surface area contributed by atoms with Gasteiger partial charge >= 0.3 is 0 Å². The molecule has 6 heteroatoms. The Bertz CT molecular complexity index is 584. The number of hydrogen-bond acceptors (Lipinski definition) is 2. The van der Waals surface area contributed by atoms with Crippen molar-refractivity contribution in [2.75, 3.05) is 0 Å². The molecule has 2 aromatic rings. The maximum Gasteiger partial charge on any atom is 0.222 e. The second kappa shape index (κ2) is 5.40. The van der Waals surface area contributed by atoms with Crippen LogP contribution in [0.4, 0.5) is 4.39 Å². The van der Waals surface area contributed by atoms with E-state index in [1.807, 2.05) is 6.92 Å². The van der Waals surface area contributed by atoms with Gasteiger partial charge in [-0.3, -0.25) is 0 Å². The summed E-state index contributed by atoms with van der Waals surface area (Å²) in [5, 5.41) is 4.87. The fraction of sp³-hybridized carbons (Fsp3) is 0.250. The number of hydrogen-bond donors (Lipinski definition) is 0. The van der Waals surface area contributed by atoms with Crippen molar-refractivity contribution in [3.05, 3.63) is 39.7 Å². The van der Waals surface area contributed by atoms with E-state index in [1.165, 1.54) is 6.07 Å². The van der Waals surface area contributed by atoms with E-state index in [-0.39, 0.29) is 5.75 Å². The summed E-state index contributed by atoms with van der Waals surface area (Å²) in [4.78, 5) is 0. The molecule has 0 aliphatic rings. The molecule has 0 atom stereocenters. The molecule has 0 fully saturated rings. The summed E-state index contributed by atoms with van der Waals surface area (Å²) in [5.41, 5.74) is 1.78. The topological polar surface area (TPSA) is 27.1 Å². The molecule has 1 aromatic carbocycles. The Morgan fingerprint density at radius 2 is 2.17 bits per heavy atom. The van der Waals surface area contributed by atoms with Crippen LogP contribution in [-0.2, 0) is 12.4 Å². The van der Waals surface area contributed by atoms with E-state index in [2.05, 4.69) is 37.0 Å². The van der Waals surface area contributed by atoms with Crippen LogP contribution in [-0.4, -0.2) is 9.78 Å². The molecule has 0 unspecified atom stereocenters. The normalized spacial score (nSPS) is 10.7. The van der Waals surface area contributed by atoms with Gasteiger partial charge in [-0.25, -0.2) is 9.07 Å². The molecule has 96 valence electrons. The molecule has 0 radical (unpaired) electrons. The number of halogens is 3. The SMILES string of the molecule is Cc1nn(C)c(Oc2ccc(Br)cc2F)c1CBr. The highest BCUT2D eigenvalue weighted by atomic mass is 79.9. The van der Waals surface area contributed by atoms with Crippen LogP contribution in [0.5, 0.6) is 11.6 Å². The fourth-order valence-corrected chi connectivity index (χ4v) is 2.60. The Balaban J connectivity index is 2.39. The van der Waals surface area contributed by atoms with Crippen LogP contribution in [0.25, 0.3) is 0 Å². The van der Waals surface area contributed by atoms with Crippen molar-refractivity contribution in [1.29, 1.82) is 0 Å². The Hall–Kier alpha value is -0.880. The first-order chi connectivity index (χ1) is 8.52. The average Bonchev–Trinajstić information content (AvgIpc) is 2.57. The van der Waals surface area contributed by atoms with Crippen LogP contribution in [0.3, 0.4) is 0 Å². The van der Waals surface area contributed by atoms with Gasteiger partial charge in [0.25, 0.3) is 0 Å². The standard InChI is InChI=1S/C12H11Br2FN2O/c1-7-9(6-13)12(17(2)16-7)18-11-4-3-8(14)5-10(11)15/h3-5H,6H2,1-2H3. The number of aryl methyl sites for hydroxylation is 2. The lowest BCUT2D eigenvalue weighted by Crippen LogP contribution is -1.98. The van der Waals surface area contributed by atoms with Gasteiger partial charge in [-0.2, -0.15) is 5.10 Å². The second-order valence-electron chi connectivity index (χ2n) is 3.80. The minimum Gasteiger partial charge on any atom is -0.436 e. The first-order valence-corrected chi connectivity index (χ1v) is 7.15. The van der Waals surface area contributed by atoms with Gasteiger partial charge in [-0.1, -0.05) is 31.9 Å². The van der Waals surface area contributed by atoms with E-state index in [1.54, 1.807) is 23.9 Å². The summed E-state index contributed by atoms with van der Waals surface area (Å²) in [6, 6.07) is 4.68. The first kappa shape index (κ1) is 13.5. The van der Waals surface area contributed by atoms with Crippen molar-refractivity contribution < 1.29 is 9.13 Å². The lowest BCUT2D eigenvalue weighted by atomic mass is 10.3. The van der Waals surface area contributed by atoms with Crippen molar-refractivity contribution in [3.63, 3.8) is 0 Å². The van der Waals surface area contributed by atoms with Crippen LogP contribution in [0.1, 0.15) is 11.3 Å². The molecule has 2 rings (SSSR count). The molecule has 0 N–H and O–H groups in total. The van der Waals surface area contributed by atoms with E-state index in [0.717, 1.165) is 11.3 Å². The fourth-order valence-electron chi connectivity index (χ4n) is 1.62. The molecule has 0 saturated carbocycles. The second-order valence-corrected chi connectivity index (χ2v) is 5.28. The predicted octanol–water partition coefficient (Wildman–Crippen LogP) is 4.32. The van der Waals surface area contributed by atoms with Crippen molar-refractivity contribution in [1.82, 2.24) is 9.78 Å². The zero-order chi connectivity index (χ0) is 13.3. The van der Waals surface area contributed by atoms with E-state index < -0.39 is 5.82 Å².